The van der Waals surface area contributed by atoms with E-state index in [-0.39, 0.29) is 40.7 Å². The van der Waals surface area contributed by atoms with Crippen LogP contribution in [0, 0.1) is 55.1 Å². The summed E-state index contributed by atoms with van der Waals surface area (Å²) in [6.45, 7) is 1.64. The average molecular weight is 718 g/mol. The van der Waals surface area contributed by atoms with Crippen LogP contribution in [0.1, 0.15) is 31.2 Å². The van der Waals surface area contributed by atoms with Gasteiger partial charge < -0.3 is 10.0 Å². The second-order valence-corrected chi connectivity index (χ2v) is 14.0. The maximum Gasteiger partial charge on any atom is 0.301 e. The van der Waals surface area contributed by atoms with Crippen molar-refractivity contribution in [2.75, 3.05) is 28.8 Å². The zero-order valence-corrected chi connectivity index (χ0v) is 28.0. The quantitative estimate of drug-likeness (QED) is 0.148. The van der Waals surface area contributed by atoms with E-state index in [0.29, 0.717) is 11.1 Å². The first-order chi connectivity index (χ1) is 24.1. The molecule has 2 saturated heterocycles. The predicted octanol–water partition coefficient (Wildman–Crippen LogP) is 5.50. The number of rotatable bonds is 6. The SMILES string of the molecule is CN(C)c1c([N+](=O)[O-])cc(N2C(=O)[C@H]3[C@H](CC=C4[C@H]3C[C@H]3C(=O)N(c5ccc(F)c(Cl)c5)C(=O)[C@@]3(C)[C@H]4c3cccc(O)c3)C2=O)cc1[N+](=O)[O-]. The summed E-state index contributed by atoms with van der Waals surface area (Å²) in [4.78, 5) is 82.6. The maximum atomic E-state index is 14.5. The van der Waals surface area contributed by atoms with Crippen LogP contribution in [0.5, 0.6) is 5.75 Å². The summed E-state index contributed by atoms with van der Waals surface area (Å²) < 4.78 is 14.1. The number of anilines is 3. The number of phenols is 1. The number of phenolic OH excluding ortho intramolecular Hbond substituents is 1. The van der Waals surface area contributed by atoms with E-state index in [9.17, 15) is 48.9 Å². The summed E-state index contributed by atoms with van der Waals surface area (Å²) in [6, 6.07) is 11.6. The molecule has 2 aliphatic heterocycles. The highest BCUT2D eigenvalue weighted by Crippen LogP contribution is 2.64. The molecule has 3 aromatic carbocycles. The number of halogens is 2. The van der Waals surface area contributed by atoms with Crippen molar-refractivity contribution in [3.05, 3.63) is 103 Å². The Morgan fingerprint density at radius 2 is 1.57 bits per heavy atom. The van der Waals surface area contributed by atoms with Gasteiger partial charge in [-0.25, -0.2) is 14.2 Å². The van der Waals surface area contributed by atoms with Gasteiger partial charge in [0.15, 0.2) is 5.69 Å². The molecule has 262 valence electrons. The molecule has 0 radical (unpaired) electrons. The van der Waals surface area contributed by atoms with E-state index in [2.05, 4.69) is 0 Å². The summed E-state index contributed by atoms with van der Waals surface area (Å²) in [5.74, 6) is -8.24. The third kappa shape index (κ3) is 4.82. The molecule has 4 aliphatic rings. The standard InChI is InChI=1S/C35H29ClFN5O9/c1-35-23(32(45)40(34(35)47)17-7-10-25(37)24(36)12-17)15-22-20(29(35)16-5-4-6-19(43)11-16)8-9-21-28(22)33(46)39(31(21)44)18-13-26(41(48)49)30(38(2)3)27(14-18)42(50)51/h4-8,10-14,21-23,28-29,43H,9,15H2,1-3H3/t21-,22+,23-,28-,29-,35+/m0/s1. The van der Waals surface area contributed by atoms with Gasteiger partial charge in [-0.2, -0.15) is 0 Å². The second kappa shape index (κ2) is 11.7. The smallest absolute Gasteiger partial charge is 0.301 e. The van der Waals surface area contributed by atoms with Crippen LogP contribution in [0.25, 0.3) is 0 Å². The lowest BCUT2D eigenvalue weighted by molar-refractivity contribution is -0.392. The van der Waals surface area contributed by atoms with E-state index in [1.807, 2.05) is 0 Å². The highest BCUT2D eigenvalue weighted by Gasteiger charge is 2.67. The van der Waals surface area contributed by atoms with Crippen LogP contribution in [-0.4, -0.2) is 52.7 Å². The van der Waals surface area contributed by atoms with Gasteiger partial charge in [0.1, 0.15) is 11.6 Å². The van der Waals surface area contributed by atoms with Crippen LogP contribution < -0.4 is 14.7 Å². The van der Waals surface area contributed by atoms with Crippen molar-refractivity contribution >= 4 is 63.7 Å². The minimum Gasteiger partial charge on any atom is -0.508 e. The molecule has 6 atom stereocenters. The third-order valence-electron chi connectivity index (χ3n) is 10.8. The Balaban J connectivity index is 1.36. The number of aromatic hydroxyl groups is 1. The molecule has 0 spiro atoms. The van der Waals surface area contributed by atoms with Gasteiger partial charge >= 0.3 is 11.4 Å². The van der Waals surface area contributed by atoms with Gasteiger partial charge in [-0.15, -0.1) is 0 Å². The van der Waals surface area contributed by atoms with Crippen molar-refractivity contribution in [3.63, 3.8) is 0 Å². The molecule has 0 unspecified atom stereocenters. The average Bonchev–Trinajstić information content (AvgIpc) is 3.44. The number of benzene rings is 3. The van der Waals surface area contributed by atoms with E-state index in [1.165, 1.54) is 43.3 Å². The molecule has 3 aromatic rings. The Morgan fingerprint density at radius 3 is 2.16 bits per heavy atom. The molecule has 51 heavy (non-hydrogen) atoms. The van der Waals surface area contributed by atoms with E-state index < -0.39 is 85.7 Å². The molecule has 0 aromatic heterocycles. The molecule has 1 N–H and O–H groups in total. The molecule has 2 heterocycles. The van der Waals surface area contributed by atoms with Gasteiger partial charge in [-0.3, -0.25) is 39.4 Å². The second-order valence-electron chi connectivity index (χ2n) is 13.6. The lowest BCUT2D eigenvalue weighted by Crippen LogP contribution is -2.48. The number of carbonyl (C=O) groups excluding carboxylic acids is 4. The Hall–Kier alpha value is -5.70. The molecule has 0 bridgehead atoms. The minimum atomic E-state index is -1.45. The van der Waals surface area contributed by atoms with Gasteiger partial charge in [0.2, 0.25) is 23.6 Å². The Morgan fingerprint density at radius 1 is 0.902 bits per heavy atom. The van der Waals surface area contributed by atoms with E-state index in [1.54, 1.807) is 25.1 Å². The van der Waals surface area contributed by atoms with Crippen molar-refractivity contribution in [1.82, 2.24) is 0 Å². The molecule has 16 heteroatoms. The van der Waals surface area contributed by atoms with Gasteiger partial charge in [0, 0.05) is 32.1 Å². The van der Waals surface area contributed by atoms with Gasteiger partial charge in [-0.05, 0) is 61.6 Å². The van der Waals surface area contributed by atoms with Crippen LogP contribution in [0.15, 0.2) is 66.2 Å². The number of nitro benzene ring substituents is 2. The minimum absolute atomic E-state index is 0.0347. The van der Waals surface area contributed by atoms with E-state index in [4.69, 9.17) is 11.6 Å². The van der Waals surface area contributed by atoms with Gasteiger partial charge in [0.05, 0.1) is 49.4 Å². The van der Waals surface area contributed by atoms with Crippen LogP contribution in [-0.2, 0) is 19.2 Å². The molecule has 7 rings (SSSR count). The first-order valence-electron chi connectivity index (χ1n) is 15.9. The van der Waals surface area contributed by atoms with Gasteiger partial charge in [0.25, 0.3) is 0 Å². The topological polar surface area (TPSA) is 185 Å². The number of imide groups is 2. The molecule has 3 fully saturated rings. The van der Waals surface area contributed by atoms with E-state index >= 15 is 0 Å². The van der Waals surface area contributed by atoms with Crippen LogP contribution in [0.2, 0.25) is 5.02 Å². The Kier molecular flexibility index (Phi) is 7.74. The van der Waals surface area contributed by atoms with Crippen molar-refractivity contribution in [3.8, 4) is 5.75 Å². The number of fused-ring (bicyclic) bond motifs is 4. The lowest BCUT2D eigenvalue weighted by Gasteiger charge is -2.49. The van der Waals surface area contributed by atoms with Crippen molar-refractivity contribution < 1.29 is 38.5 Å². The van der Waals surface area contributed by atoms with Crippen molar-refractivity contribution in [2.45, 2.75) is 25.7 Å². The molecule has 4 amide bonds. The van der Waals surface area contributed by atoms with Crippen LogP contribution in [0.4, 0.5) is 32.8 Å². The zero-order valence-electron chi connectivity index (χ0n) is 27.3. The number of hydrogen-bond acceptors (Lipinski definition) is 10. The Bertz CT molecular complexity index is 2120. The number of nitrogens with zero attached hydrogens (tertiary/aromatic N) is 5. The summed E-state index contributed by atoms with van der Waals surface area (Å²) in [7, 11) is 2.78. The fourth-order valence-electron chi connectivity index (χ4n) is 8.68. The molecule has 14 nitrogen and oxygen atoms in total. The summed E-state index contributed by atoms with van der Waals surface area (Å²) in [6.07, 6.45) is 1.76. The summed E-state index contributed by atoms with van der Waals surface area (Å²) in [5, 5.41) is 34.3. The molecular formula is C35H29ClFN5O9. The number of hydrogen-bond donors (Lipinski definition) is 1. The highest BCUT2D eigenvalue weighted by molar-refractivity contribution is 6.32. The maximum absolute atomic E-state index is 14.5. The first kappa shape index (κ1) is 33.8. The lowest BCUT2D eigenvalue weighted by atomic mass is 9.51. The largest absolute Gasteiger partial charge is 0.508 e. The Labute approximate surface area is 294 Å². The van der Waals surface area contributed by atoms with Gasteiger partial charge in [-0.1, -0.05) is 35.4 Å². The fraction of sp³-hybridized carbons (Fsp3) is 0.314. The predicted molar refractivity (Wildman–Crippen MR) is 181 cm³/mol. The fourth-order valence-corrected chi connectivity index (χ4v) is 8.85. The van der Waals surface area contributed by atoms with Crippen LogP contribution in [0.3, 0.4) is 0 Å². The molecule has 2 aliphatic carbocycles. The number of allylic oxidation sites excluding steroid dienone is 2. The summed E-state index contributed by atoms with van der Waals surface area (Å²) >= 11 is 6.04. The number of carbonyl (C=O) groups is 4. The highest BCUT2D eigenvalue weighted by atomic mass is 35.5. The van der Waals surface area contributed by atoms with Crippen molar-refractivity contribution in [1.29, 1.82) is 0 Å². The zero-order chi connectivity index (χ0) is 36.8. The number of nitro groups is 2. The first-order valence-corrected chi connectivity index (χ1v) is 16.3. The van der Waals surface area contributed by atoms with Crippen molar-refractivity contribution in [2.24, 2.45) is 29.1 Å². The molecule has 1 saturated carbocycles. The third-order valence-corrected chi connectivity index (χ3v) is 11.1. The molecular weight excluding hydrogens is 689 g/mol. The van der Waals surface area contributed by atoms with E-state index in [0.717, 1.165) is 28.0 Å². The monoisotopic (exact) mass is 717 g/mol. The number of amides is 4. The summed E-state index contributed by atoms with van der Waals surface area (Å²) in [5.41, 5.74) is -2.30. The normalized spacial score (nSPS) is 26.8. The van der Waals surface area contributed by atoms with Crippen LogP contribution >= 0.6 is 11.6 Å².